The number of hydrogen-bond donors (Lipinski definition) is 1. The number of rotatable bonds is 10. The van der Waals surface area contributed by atoms with Gasteiger partial charge in [0.1, 0.15) is 0 Å². The van der Waals surface area contributed by atoms with Crippen molar-refractivity contribution >= 4 is 20.1 Å². The van der Waals surface area contributed by atoms with Crippen LogP contribution in [-0.4, -0.2) is 17.8 Å². The molecular formula is C18H32BOS. The summed E-state index contributed by atoms with van der Waals surface area (Å²) in [5.41, 5.74) is 1.83. The molecule has 0 heterocycles. The second-order valence-electron chi connectivity index (χ2n) is 6.50. The van der Waals surface area contributed by atoms with Crippen molar-refractivity contribution < 1.29 is 4.65 Å². The molecule has 0 aliphatic carbocycles. The van der Waals surface area contributed by atoms with E-state index in [1.54, 1.807) is 0 Å². The highest BCUT2D eigenvalue weighted by Crippen LogP contribution is 2.31. The third-order valence-corrected chi connectivity index (χ3v) is 4.32. The van der Waals surface area contributed by atoms with E-state index in [0.29, 0.717) is 0 Å². The van der Waals surface area contributed by atoms with Gasteiger partial charge in [-0.05, 0) is 40.5 Å². The van der Waals surface area contributed by atoms with Crippen LogP contribution in [0.25, 0.3) is 0 Å². The average molecular weight is 307 g/mol. The largest absolute Gasteiger partial charge is 0.428 e. The minimum atomic E-state index is -0.352. The van der Waals surface area contributed by atoms with E-state index in [1.165, 1.54) is 0 Å². The van der Waals surface area contributed by atoms with Crippen LogP contribution in [0.15, 0.2) is 35.9 Å². The van der Waals surface area contributed by atoms with Crippen molar-refractivity contribution in [3.05, 3.63) is 35.9 Å². The summed E-state index contributed by atoms with van der Waals surface area (Å²) in [7, 11) is 1.84. The average Bonchev–Trinajstić information content (AvgIpc) is 2.36. The number of hydrogen-bond acceptors (Lipinski definition) is 2. The highest BCUT2D eigenvalue weighted by molar-refractivity contribution is 7.81. The van der Waals surface area contributed by atoms with E-state index in [2.05, 4.69) is 79.0 Å². The Labute approximate surface area is 138 Å². The van der Waals surface area contributed by atoms with Gasteiger partial charge in [0, 0.05) is 4.75 Å². The van der Waals surface area contributed by atoms with Crippen LogP contribution in [0.3, 0.4) is 0 Å². The van der Waals surface area contributed by atoms with Gasteiger partial charge in [-0.25, -0.2) is 0 Å². The monoisotopic (exact) mass is 307 g/mol. The zero-order valence-corrected chi connectivity index (χ0v) is 15.6. The Morgan fingerprint density at radius 2 is 1.81 bits per heavy atom. The molecular weight excluding hydrogens is 275 g/mol. The molecule has 0 saturated carbocycles. The van der Waals surface area contributed by atoms with Crippen LogP contribution >= 0.6 is 12.6 Å². The SMILES string of the molecule is C=C(CCC)/C([B]OC(C)(C)C(C)(C)S)=C\C=C/CCC. The van der Waals surface area contributed by atoms with E-state index < -0.39 is 0 Å². The lowest BCUT2D eigenvalue weighted by molar-refractivity contribution is 0.0845. The van der Waals surface area contributed by atoms with Gasteiger partial charge in [-0.2, -0.15) is 12.6 Å². The third-order valence-electron chi connectivity index (χ3n) is 3.78. The van der Waals surface area contributed by atoms with E-state index >= 15 is 0 Å². The molecule has 0 bridgehead atoms. The molecule has 1 nitrogen and oxygen atoms in total. The van der Waals surface area contributed by atoms with E-state index in [0.717, 1.165) is 36.7 Å². The molecule has 0 aromatic carbocycles. The molecule has 0 N–H and O–H groups in total. The summed E-state index contributed by atoms with van der Waals surface area (Å²) in [5, 5.41) is 0. The topological polar surface area (TPSA) is 9.23 Å². The second kappa shape index (κ2) is 9.58. The van der Waals surface area contributed by atoms with Gasteiger partial charge in [0.15, 0.2) is 0 Å². The molecule has 0 saturated heterocycles. The second-order valence-corrected chi connectivity index (χ2v) is 7.62. The Balaban J connectivity index is 4.88. The summed E-state index contributed by atoms with van der Waals surface area (Å²) in [6.45, 7) is 16.8. The smallest absolute Gasteiger partial charge is 0.331 e. The van der Waals surface area contributed by atoms with Gasteiger partial charge < -0.3 is 4.65 Å². The lowest BCUT2D eigenvalue weighted by Gasteiger charge is -2.38. The molecule has 0 aliphatic rings. The Bertz CT molecular complexity index is 375. The Kier molecular flexibility index (Phi) is 9.39. The van der Waals surface area contributed by atoms with Crippen LogP contribution < -0.4 is 0 Å². The summed E-state index contributed by atoms with van der Waals surface area (Å²) in [6.07, 6.45) is 10.7. The zero-order valence-electron chi connectivity index (χ0n) is 14.7. The van der Waals surface area contributed by atoms with Gasteiger partial charge in [-0.3, -0.25) is 0 Å². The zero-order chi connectivity index (χ0) is 16.5. The third kappa shape index (κ3) is 7.97. The molecule has 21 heavy (non-hydrogen) atoms. The van der Waals surface area contributed by atoms with Crippen molar-refractivity contribution in [2.24, 2.45) is 0 Å². The van der Waals surface area contributed by atoms with Gasteiger partial charge in [0.25, 0.3) is 0 Å². The molecule has 0 rings (SSSR count). The molecule has 0 amide bonds. The summed E-state index contributed by atoms with van der Waals surface area (Å²) in [4.78, 5) is 0. The number of unbranched alkanes of at least 4 members (excludes halogenated alkanes) is 1. The molecule has 119 valence electrons. The van der Waals surface area contributed by atoms with Crippen LogP contribution in [-0.2, 0) is 4.65 Å². The van der Waals surface area contributed by atoms with E-state index in [1.807, 2.05) is 7.48 Å². The van der Waals surface area contributed by atoms with E-state index in [4.69, 9.17) is 4.65 Å². The van der Waals surface area contributed by atoms with Crippen LogP contribution in [0.2, 0.25) is 0 Å². The first kappa shape index (κ1) is 20.6. The fraction of sp³-hybridized carbons (Fsp3) is 0.667. The fourth-order valence-corrected chi connectivity index (χ4v) is 1.53. The summed E-state index contributed by atoms with van der Waals surface area (Å²) in [5.74, 6) is 0. The Morgan fingerprint density at radius 1 is 1.19 bits per heavy atom. The van der Waals surface area contributed by atoms with Gasteiger partial charge in [0.2, 0.25) is 0 Å². The predicted molar refractivity (Wildman–Crippen MR) is 100 cm³/mol. The summed E-state index contributed by atoms with van der Waals surface area (Å²) < 4.78 is 5.79. The lowest BCUT2D eigenvalue weighted by atomic mass is 9.78. The molecule has 0 aromatic rings. The van der Waals surface area contributed by atoms with Crippen molar-refractivity contribution in [3.63, 3.8) is 0 Å². The van der Waals surface area contributed by atoms with Crippen molar-refractivity contribution in [2.75, 3.05) is 0 Å². The van der Waals surface area contributed by atoms with Crippen LogP contribution in [0.1, 0.15) is 67.2 Å². The fourth-order valence-electron chi connectivity index (χ4n) is 1.48. The number of allylic oxidation sites excluding steroid dienone is 5. The van der Waals surface area contributed by atoms with Gasteiger partial charge in [0.05, 0.1) is 5.60 Å². The molecule has 0 fully saturated rings. The van der Waals surface area contributed by atoms with Gasteiger partial charge >= 0.3 is 7.48 Å². The molecule has 0 aromatic heterocycles. The molecule has 0 aliphatic heterocycles. The minimum Gasteiger partial charge on any atom is -0.428 e. The minimum absolute atomic E-state index is 0.223. The Morgan fingerprint density at radius 3 is 2.29 bits per heavy atom. The first-order valence-electron chi connectivity index (χ1n) is 7.94. The van der Waals surface area contributed by atoms with Crippen molar-refractivity contribution in [1.82, 2.24) is 0 Å². The number of thiol groups is 1. The highest BCUT2D eigenvalue weighted by atomic mass is 32.1. The van der Waals surface area contributed by atoms with Gasteiger partial charge in [-0.1, -0.05) is 62.5 Å². The van der Waals surface area contributed by atoms with Crippen molar-refractivity contribution in [2.45, 2.75) is 77.6 Å². The first-order chi connectivity index (χ1) is 9.65. The quantitative estimate of drug-likeness (QED) is 0.309. The molecule has 1 radical (unpaired) electrons. The summed E-state index contributed by atoms with van der Waals surface area (Å²) in [6, 6.07) is 0. The standard InChI is InChI=1S/C18H32BOS/c1-8-10-11-12-14-16(15(3)13-9-2)19-20-17(4,5)18(6,7)21/h11-12,14,21H,3,8-10,13H2,1-2,4-7H3/b12-11-,16-14+. The first-order valence-corrected chi connectivity index (χ1v) is 8.38. The summed E-state index contributed by atoms with van der Waals surface area (Å²) >= 11 is 4.63. The molecule has 0 spiro atoms. The van der Waals surface area contributed by atoms with Crippen LogP contribution in [0.5, 0.6) is 0 Å². The Hall–Kier alpha value is -0.405. The van der Waals surface area contributed by atoms with E-state index in [-0.39, 0.29) is 10.3 Å². The molecule has 0 atom stereocenters. The maximum Gasteiger partial charge on any atom is 0.331 e. The predicted octanol–water partition coefficient (Wildman–Crippen LogP) is 5.71. The maximum absolute atomic E-state index is 6.02. The van der Waals surface area contributed by atoms with Crippen LogP contribution in [0, 0.1) is 0 Å². The maximum atomic E-state index is 6.02. The van der Waals surface area contributed by atoms with Gasteiger partial charge in [-0.15, -0.1) is 0 Å². The highest BCUT2D eigenvalue weighted by Gasteiger charge is 2.34. The molecule has 3 heteroatoms. The molecule has 0 unspecified atom stereocenters. The van der Waals surface area contributed by atoms with Crippen molar-refractivity contribution in [3.8, 4) is 0 Å². The van der Waals surface area contributed by atoms with E-state index in [9.17, 15) is 0 Å². The van der Waals surface area contributed by atoms with Crippen molar-refractivity contribution in [1.29, 1.82) is 0 Å². The normalized spacial score (nSPS) is 13.8. The van der Waals surface area contributed by atoms with Crippen LogP contribution in [0.4, 0.5) is 0 Å². The lowest BCUT2D eigenvalue weighted by Crippen LogP contribution is -2.44.